The summed E-state index contributed by atoms with van der Waals surface area (Å²) >= 11 is 0. The molecule has 18 heavy (non-hydrogen) atoms. The third kappa shape index (κ3) is 2.61. The minimum atomic E-state index is -1.12. The number of aliphatic hydroxyl groups is 1. The van der Waals surface area contributed by atoms with Gasteiger partial charge in [0.1, 0.15) is 5.76 Å². The van der Waals surface area contributed by atoms with Crippen LogP contribution in [0.2, 0.25) is 0 Å². The summed E-state index contributed by atoms with van der Waals surface area (Å²) in [5.74, 6) is 0.00493. The molecular weight excluding hydrogens is 228 g/mol. The lowest BCUT2D eigenvalue weighted by Gasteiger charge is -2.42. The van der Waals surface area contributed by atoms with Crippen molar-refractivity contribution in [1.29, 1.82) is 0 Å². The Morgan fingerprint density at radius 1 is 1.33 bits per heavy atom. The summed E-state index contributed by atoms with van der Waals surface area (Å²) < 4.78 is 5.67. The maximum absolute atomic E-state index is 12.3. The molecule has 1 aliphatic heterocycles. The van der Waals surface area contributed by atoms with Crippen LogP contribution in [0.5, 0.6) is 0 Å². The van der Waals surface area contributed by atoms with Crippen LogP contribution in [0.25, 0.3) is 0 Å². The smallest absolute Gasteiger partial charge is 0.205 e. The summed E-state index contributed by atoms with van der Waals surface area (Å²) in [5.41, 5.74) is 0.808. The zero-order valence-electron chi connectivity index (χ0n) is 11.9. The lowest BCUT2D eigenvalue weighted by Crippen LogP contribution is -2.41. The number of ether oxygens (including phenoxy) is 1. The molecule has 1 unspecified atom stereocenters. The van der Waals surface area contributed by atoms with Gasteiger partial charge in [0.15, 0.2) is 5.78 Å². The van der Waals surface area contributed by atoms with E-state index >= 15 is 0 Å². The molecule has 1 aliphatic carbocycles. The summed E-state index contributed by atoms with van der Waals surface area (Å²) in [5, 5.41) is 10.2. The third-order valence-electron chi connectivity index (χ3n) is 3.89. The number of rotatable bonds is 2. The fraction of sp³-hybridized carbons (Fsp3) is 0.800. The van der Waals surface area contributed by atoms with Crippen molar-refractivity contribution in [3.05, 3.63) is 11.3 Å². The van der Waals surface area contributed by atoms with Crippen molar-refractivity contribution < 1.29 is 14.6 Å². The number of allylic oxidation sites excluding steroid dienone is 2. The van der Waals surface area contributed by atoms with Crippen molar-refractivity contribution in [2.45, 2.75) is 65.6 Å². The van der Waals surface area contributed by atoms with Gasteiger partial charge in [-0.1, -0.05) is 27.2 Å². The largest absolute Gasteiger partial charge is 0.467 e. The Balaban J connectivity index is 2.38. The second-order valence-electron chi connectivity index (χ2n) is 6.74. The van der Waals surface area contributed by atoms with Crippen LogP contribution in [0.15, 0.2) is 11.3 Å². The molecule has 0 saturated heterocycles. The molecule has 0 aromatic rings. The lowest BCUT2D eigenvalue weighted by molar-refractivity contribution is -0.190. The molecule has 0 spiro atoms. The summed E-state index contributed by atoms with van der Waals surface area (Å²) in [6.07, 6.45) is 3.85. The Labute approximate surface area is 109 Å². The molecule has 3 nitrogen and oxygen atoms in total. The molecule has 0 aromatic carbocycles. The topological polar surface area (TPSA) is 46.5 Å². The normalized spacial score (nSPS) is 35.2. The first-order valence-electron chi connectivity index (χ1n) is 6.92. The first-order chi connectivity index (χ1) is 8.24. The quantitative estimate of drug-likeness (QED) is 0.821. The van der Waals surface area contributed by atoms with Crippen LogP contribution in [-0.4, -0.2) is 16.7 Å². The van der Waals surface area contributed by atoms with E-state index in [1.54, 1.807) is 6.92 Å². The minimum Gasteiger partial charge on any atom is -0.467 e. The van der Waals surface area contributed by atoms with Gasteiger partial charge in [-0.05, 0) is 17.8 Å². The maximum Gasteiger partial charge on any atom is 0.205 e. The molecule has 0 aromatic heterocycles. The van der Waals surface area contributed by atoms with Crippen molar-refractivity contribution in [2.24, 2.45) is 11.3 Å². The van der Waals surface area contributed by atoms with E-state index in [2.05, 4.69) is 20.8 Å². The van der Waals surface area contributed by atoms with Crippen LogP contribution < -0.4 is 0 Å². The monoisotopic (exact) mass is 252 g/mol. The Hall–Kier alpha value is -0.830. The standard InChI is InChI=1S/C15H24O3/c1-5-6-10-7-15(4,17)18-12-9-14(2,3)8-11(16)13(10)12/h10,17H,5-9H2,1-4H3/t10-,15?/m0/s1. The van der Waals surface area contributed by atoms with Crippen molar-refractivity contribution in [3.8, 4) is 0 Å². The molecule has 0 radical (unpaired) electrons. The van der Waals surface area contributed by atoms with Crippen molar-refractivity contribution in [1.82, 2.24) is 0 Å². The highest BCUT2D eigenvalue weighted by molar-refractivity contribution is 5.97. The molecular formula is C15H24O3. The lowest BCUT2D eigenvalue weighted by atomic mass is 9.71. The highest BCUT2D eigenvalue weighted by atomic mass is 16.6. The average Bonchev–Trinajstić information content (AvgIpc) is 2.11. The zero-order valence-corrected chi connectivity index (χ0v) is 11.9. The predicted octanol–water partition coefficient (Wildman–Crippen LogP) is 3.17. The van der Waals surface area contributed by atoms with Crippen molar-refractivity contribution in [3.63, 3.8) is 0 Å². The van der Waals surface area contributed by atoms with Gasteiger partial charge >= 0.3 is 0 Å². The molecule has 0 saturated carbocycles. The van der Waals surface area contributed by atoms with Crippen LogP contribution in [0.3, 0.4) is 0 Å². The molecule has 2 atom stereocenters. The highest BCUT2D eigenvalue weighted by Crippen LogP contribution is 2.46. The highest BCUT2D eigenvalue weighted by Gasteiger charge is 2.44. The van der Waals surface area contributed by atoms with Crippen molar-refractivity contribution >= 4 is 5.78 Å². The second kappa shape index (κ2) is 4.37. The van der Waals surface area contributed by atoms with Gasteiger partial charge in [0.2, 0.25) is 5.79 Å². The maximum atomic E-state index is 12.3. The Morgan fingerprint density at radius 3 is 2.61 bits per heavy atom. The Bertz CT molecular complexity index is 387. The first-order valence-corrected chi connectivity index (χ1v) is 6.92. The molecule has 2 rings (SSSR count). The molecule has 1 heterocycles. The molecule has 0 fully saturated rings. The van der Waals surface area contributed by atoms with Gasteiger partial charge in [-0.2, -0.15) is 0 Å². The fourth-order valence-corrected chi connectivity index (χ4v) is 3.29. The van der Waals surface area contributed by atoms with Crippen LogP contribution in [-0.2, 0) is 9.53 Å². The number of carbonyl (C=O) groups excluding carboxylic acids is 1. The number of Topliss-reactive ketones (excluding diaryl/α,β-unsaturated/α-hetero) is 1. The van der Waals surface area contributed by atoms with E-state index in [1.807, 2.05) is 0 Å². The van der Waals surface area contributed by atoms with Crippen molar-refractivity contribution in [2.75, 3.05) is 0 Å². The van der Waals surface area contributed by atoms with Gasteiger partial charge in [-0.15, -0.1) is 0 Å². The Kier molecular flexibility index (Phi) is 3.30. The average molecular weight is 252 g/mol. The van der Waals surface area contributed by atoms with Gasteiger partial charge in [-0.3, -0.25) is 4.79 Å². The van der Waals surface area contributed by atoms with E-state index < -0.39 is 5.79 Å². The van der Waals surface area contributed by atoms with Gasteiger partial charge in [-0.25, -0.2) is 0 Å². The molecule has 2 aliphatic rings. The van der Waals surface area contributed by atoms with Gasteiger partial charge in [0, 0.05) is 31.8 Å². The zero-order chi connectivity index (χ0) is 13.6. The van der Waals surface area contributed by atoms with Crippen LogP contribution in [0, 0.1) is 11.3 Å². The van der Waals surface area contributed by atoms with E-state index in [1.165, 1.54) is 0 Å². The Morgan fingerprint density at radius 2 is 2.00 bits per heavy atom. The second-order valence-corrected chi connectivity index (χ2v) is 6.74. The first kappa shape index (κ1) is 13.6. The molecule has 1 N–H and O–H groups in total. The minimum absolute atomic E-state index is 0.0555. The summed E-state index contributed by atoms with van der Waals surface area (Å²) in [7, 11) is 0. The van der Waals surface area contributed by atoms with Gasteiger partial charge in [0.25, 0.3) is 0 Å². The van der Waals surface area contributed by atoms with E-state index in [9.17, 15) is 9.90 Å². The number of hydrogen-bond donors (Lipinski definition) is 1. The molecule has 0 amide bonds. The predicted molar refractivity (Wildman–Crippen MR) is 69.8 cm³/mol. The summed E-state index contributed by atoms with van der Waals surface area (Å²) in [4.78, 5) is 12.3. The fourth-order valence-electron chi connectivity index (χ4n) is 3.29. The number of ketones is 1. The van der Waals surface area contributed by atoms with E-state index in [0.29, 0.717) is 12.8 Å². The molecule has 0 bridgehead atoms. The number of hydrogen-bond acceptors (Lipinski definition) is 3. The van der Waals surface area contributed by atoms with Crippen LogP contribution >= 0.6 is 0 Å². The molecule has 3 heteroatoms. The van der Waals surface area contributed by atoms with E-state index in [-0.39, 0.29) is 17.1 Å². The molecule has 102 valence electrons. The van der Waals surface area contributed by atoms with E-state index in [4.69, 9.17) is 4.74 Å². The third-order valence-corrected chi connectivity index (χ3v) is 3.89. The summed E-state index contributed by atoms with van der Waals surface area (Å²) in [6.45, 7) is 7.97. The van der Waals surface area contributed by atoms with Gasteiger partial charge < -0.3 is 9.84 Å². The van der Waals surface area contributed by atoms with E-state index in [0.717, 1.165) is 30.6 Å². The SMILES string of the molecule is CCC[C@H]1CC(C)(O)OC2=C1C(=O)CC(C)(C)C2. The number of carbonyl (C=O) groups is 1. The van der Waals surface area contributed by atoms with Crippen LogP contribution in [0.4, 0.5) is 0 Å². The summed E-state index contributed by atoms with van der Waals surface area (Å²) in [6, 6.07) is 0. The van der Waals surface area contributed by atoms with Gasteiger partial charge in [0.05, 0.1) is 0 Å². The van der Waals surface area contributed by atoms with Crippen LogP contribution in [0.1, 0.15) is 59.8 Å².